The van der Waals surface area contributed by atoms with Gasteiger partial charge in [0.25, 0.3) is 0 Å². The fourth-order valence-corrected chi connectivity index (χ4v) is 9.33. The van der Waals surface area contributed by atoms with E-state index in [1.165, 1.54) is 104 Å². The average molecular weight is 711 g/mol. The van der Waals surface area contributed by atoms with Crippen LogP contribution in [0.2, 0.25) is 0 Å². The number of nitrogens with zero attached hydrogens (tertiary/aromatic N) is 2. The third-order valence-electron chi connectivity index (χ3n) is 11.9. The zero-order valence-electron chi connectivity index (χ0n) is 30.5. The summed E-state index contributed by atoms with van der Waals surface area (Å²) in [5.74, 6) is 0. The molecule has 0 unspecified atom stereocenters. The van der Waals surface area contributed by atoms with E-state index in [1.807, 2.05) is 0 Å². The zero-order valence-corrected chi connectivity index (χ0v) is 30.5. The van der Waals surface area contributed by atoms with Crippen LogP contribution in [0.4, 0.5) is 0 Å². The lowest BCUT2D eigenvalue weighted by atomic mass is 9.92. The fourth-order valence-electron chi connectivity index (χ4n) is 9.33. The number of hydrogen-bond acceptors (Lipinski definition) is 0. The number of para-hydroxylation sites is 3. The van der Waals surface area contributed by atoms with E-state index in [2.05, 4.69) is 215 Å². The lowest BCUT2D eigenvalue weighted by Gasteiger charge is -2.12. The molecule has 0 spiro atoms. The first-order chi connectivity index (χ1) is 27.8. The molecule has 56 heavy (non-hydrogen) atoms. The van der Waals surface area contributed by atoms with Crippen molar-refractivity contribution in [2.24, 2.45) is 0 Å². The highest BCUT2D eigenvalue weighted by Crippen LogP contribution is 2.41. The van der Waals surface area contributed by atoms with Crippen LogP contribution in [0, 0.1) is 0 Å². The lowest BCUT2D eigenvalue weighted by molar-refractivity contribution is 1.18. The molecule has 0 bridgehead atoms. The Bertz CT molecular complexity index is 3480. The number of aromatic nitrogens is 2. The lowest BCUT2D eigenvalue weighted by Crippen LogP contribution is -1.93. The Morgan fingerprint density at radius 3 is 0.964 bits per heavy atom. The summed E-state index contributed by atoms with van der Waals surface area (Å²) < 4.78 is 4.79. The third-order valence-corrected chi connectivity index (χ3v) is 11.9. The maximum absolute atomic E-state index is 2.41. The first-order valence-electron chi connectivity index (χ1n) is 19.3. The van der Waals surface area contributed by atoms with Gasteiger partial charge >= 0.3 is 0 Å². The molecule has 0 saturated carbocycles. The smallest absolute Gasteiger partial charge is 0.0541 e. The first-order valence-corrected chi connectivity index (χ1v) is 19.3. The Kier molecular flexibility index (Phi) is 6.66. The monoisotopic (exact) mass is 710 g/mol. The van der Waals surface area contributed by atoms with E-state index in [-0.39, 0.29) is 0 Å². The van der Waals surface area contributed by atoms with Gasteiger partial charge in [-0.15, -0.1) is 0 Å². The van der Waals surface area contributed by atoms with Crippen molar-refractivity contribution in [2.45, 2.75) is 0 Å². The largest absolute Gasteiger partial charge is 0.309 e. The van der Waals surface area contributed by atoms with Gasteiger partial charge in [-0.3, -0.25) is 0 Å². The Balaban J connectivity index is 1.07. The van der Waals surface area contributed by atoms with Gasteiger partial charge in [0.15, 0.2) is 0 Å². The summed E-state index contributed by atoms with van der Waals surface area (Å²) in [7, 11) is 0. The molecule has 0 saturated heterocycles. The van der Waals surface area contributed by atoms with E-state index in [0.29, 0.717) is 0 Å². The molecule has 0 radical (unpaired) electrons. The summed E-state index contributed by atoms with van der Waals surface area (Å²) in [4.78, 5) is 0. The van der Waals surface area contributed by atoms with Crippen LogP contribution in [0.15, 0.2) is 206 Å². The Hall–Kier alpha value is -7.42. The molecule has 10 aromatic carbocycles. The molecular weight excluding hydrogens is 677 g/mol. The van der Waals surface area contributed by atoms with Gasteiger partial charge < -0.3 is 9.13 Å². The van der Waals surface area contributed by atoms with E-state index >= 15 is 0 Å². The van der Waals surface area contributed by atoms with Crippen molar-refractivity contribution in [1.29, 1.82) is 0 Å². The molecular formula is C54H34N2. The van der Waals surface area contributed by atoms with Gasteiger partial charge in [-0.2, -0.15) is 0 Å². The zero-order chi connectivity index (χ0) is 36.7. The normalized spacial score (nSPS) is 11.9. The van der Waals surface area contributed by atoms with Gasteiger partial charge in [-0.05, 0) is 127 Å². The van der Waals surface area contributed by atoms with Crippen LogP contribution >= 0.6 is 0 Å². The van der Waals surface area contributed by atoms with E-state index in [0.717, 1.165) is 5.69 Å². The maximum atomic E-state index is 2.41. The van der Waals surface area contributed by atoms with Crippen LogP contribution < -0.4 is 0 Å². The second kappa shape index (κ2) is 12.0. The predicted octanol–water partition coefficient (Wildman–Crippen LogP) is 14.7. The quantitative estimate of drug-likeness (QED) is 0.161. The fraction of sp³-hybridized carbons (Fsp3) is 0. The van der Waals surface area contributed by atoms with E-state index in [9.17, 15) is 0 Å². The molecule has 0 atom stereocenters. The minimum absolute atomic E-state index is 1.16. The van der Waals surface area contributed by atoms with E-state index < -0.39 is 0 Å². The number of fused-ring (bicyclic) bond motifs is 12. The summed E-state index contributed by atoms with van der Waals surface area (Å²) in [5, 5.41) is 12.8. The number of rotatable bonds is 4. The van der Waals surface area contributed by atoms with Crippen LogP contribution in [-0.4, -0.2) is 9.13 Å². The molecule has 2 aromatic heterocycles. The first kappa shape index (κ1) is 31.0. The summed E-state index contributed by atoms with van der Waals surface area (Å²) in [6, 6.07) is 75.8. The number of hydrogen-bond donors (Lipinski definition) is 0. The predicted molar refractivity (Wildman–Crippen MR) is 239 cm³/mol. The molecule has 0 aliphatic rings. The van der Waals surface area contributed by atoms with Crippen molar-refractivity contribution in [3.8, 4) is 33.6 Å². The molecule has 2 heteroatoms. The van der Waals surface area contributed by atoms with Gasteiger partial charge in [-0.1, -0.05) is 133 Å². The van der Waals surface area contributed by atoms with Gasteiger partial charge in [-0.25, -0.2) is 0 Å². The van der Waals surface area contributed by atoms with Gasteiger partial charge in [0, 0.05) is 32.9 Å². The molecule has 12 rings (SSSR count). The van der Waals surface area contributed by atoms with Crippen molar-refractivity contribution >= 4 is 75.9 Å². The Morgan fingerprint density at radius 2 is 0.500 bits per heavy atom. The summed E-state index contributed by atoms with van der Waals surface area (Å²) >= 11 is 0. The second-order valence-corrected chi connectivity index (χ2v) is 14.9. The summed E-state index contributed by atoms with van der Waals surface area (Å²) in [6.07, 6.45) is 0. The van der Waals surface area contributed by atoms with Crippen molar-refractivity contribution in [1.82, 2.24) is 9.13 Å². The maximum Gasteiger partial charge on any atom is 0.0541 e. The molecule has 0 amide bonds. The number of benzene rings is 10. The molecule has 2 nitrogen and oxygen atoms in total. The topological polar surface area (TPSA) is 9.86 Å². The van der Waals surface area contributed by atoms with Crippen LogP contribution in [-0.2, 0) is 0 Å². The molecule has 2 heterocycles. The van der Waals surface area contributed by atoms with Gasteiger partial charge in [0.2, 0.25) is 0 Å². The molecule has 0 N–H and O–H groups in total. The van der Waals surface area contributed by atoms with Gasteiger partial charge in [0.05, 0.1) is 22.1 Å². The average Bonchev–Trinajstić information content (AvgIpc) is 3.78. The Labute approximate surface area is 323 Å². The summed E-state index contributed by atoms with van der Waals surface area (Å²) in [6.45, 7) is 0. The highest BCUT2D eigenvalue weighted by molar-refractivity contribution is 6.26. The molecule has 12 aromatic rings. The SMILES string of the molecule is c1ccc(-n2c3ccccc3c3cc(-c4ccc5c(c4)c4cc(-c6ccc7c8ccccc8c8ccccc8c7c6)ccc4n5-c4ccccc4)ccc32)cc1. The highest BCUT2D eigenvalue weighted by atomic mass is 15.0. The van der Waals surface area contributed by atoms with Crippen molar-refractivity contribution in [2.75, 3.05) is 0 Å². The third kappa shape index (κ3) is 4.57. The Morgan fingerprint density at radius 1 is 0.196 bits per heavy atom. The molecule has 0 aliphatic carbocycles. The van der Waals surface area contributed by atoms with Crippen LogP contribution in [0.25, 0.3) is 110 Å². The van der Waals surface area contributed by atoms with E-state index in [1.54, 1.807) is 0 Å². The van der Waals surface area contributed by atoms with Crippen LogP contribution in [0.5, 0.6) is 0 Å². The highest BCUT2D eigenvalue weighted by Gasteiger charge is 2.17. The van der Waals surface area contributed by atoms with Crippen LogP contribution in [0.3, 0.4) is 0 Å². The van der Waals surface area contributed by atoms with Crippen molar-refractivity contribution in [3.63, 3.8) is 0 Å². The second-order valence-electron chi connectivity index (χ2n) is 14.9. The van der Waals surface area contributed by atoms with Crippen molar-refractivity contribution in [3.05, 3.63) is 206 Å². The minimum atomic E-state index is 1.16. The van der Waals surface area contributed by atoms with Crippen molar-refractivity contribution < 1.29 is 0 Å². The van der Waals surface area contributed by atoms with Gasteiger partial charge in [0.1, 0.15) is 0 Å². The standard InChI is InChI=1S/C54H34N2/c1-3-13-39(14-4-1)55-51-22-12-11-21-46(51)48-32-36(24-28-52(48)55)38-26-30-54-50(34-38)49-33-37(25-29-53(49)56(54)40-15-5-2-6-16-40)35-23-27-45-43-19-8-7-17-41(43)42-18-9-10-20-44(42)47(45)31-35/h1-34H. The molecule has 260 valence electrons. The molecule has 0 aliphatic heterocycles. The minimum Gasteiger partial charge on any atom is -0.309 e. The van der Waals surface area contributed by atoms with E-state index in [4.69, 9.17) is 0 Å². The summed E-state index contributed by atoms with van der Waals surface area (Å²) in [5.41, 5.74) is 12.0. The van der Waals surface area contributed by atoms with Crippen LogP contribution in [0.1, 0.15) is 0 Å². The molecule has 0 fully saturated rings.